The van der Waals surface area contributed by atoms with Gasteiger partial charge in [-0.15, -0.1) is 0 Å². The Kier molecular flexibility index (Phi) is 9.40. The van der Waals surface area contributed by atoms with Gasteiger partial charge in [-0.3, -0.25) is 0 Å². The highest BCUT2D eigenvalue weighted by Gasteiger charge is 1.90. The molecule has 4 nitrogen and oxygen atoms in total. The van der Waals surface area contributed by atoms with Gasteiger partial charge in [0.1, 0.15) is 0 Å². The highest BCUT2D eigenvalue weighted by atomic mass is 16.4. The van der Waals surface area contributed by atoms with E-state index in [4.69, 9.17) is 10.2 Å². The highest BCUT2D eigenvalue weighted by Crippen LogP contribution is 1.81. The highest BCUT2D eigenvalue weighted by molar-refractivity contribution is 5.84. The maximum absolute atomic E-state index is 9.60. The van der Waals surface area contributed by atoms with Crippen LogP contribution in [0.25, 0.3) is 0 Å². The standard InChI is InChI=1S/C4H11NO.C4H6O2/c1-5(2)3-4-6;1-3(2)4(5)6/h6H,3-4H2,1-2H3;1H2,2H3,(H,5,6). The molecule has 0 fully saturated rings. The van der Waals surface area contributed by atoms with Crippen molar-refractivity contribution in [3.63, 3.8) is 0 Å². The second-order valence-corrected chi connectivity index (χ2v) is 2.61. The fraction of sp³-hybridized carbons (Fsp3) is 0.625. The number of aliphatic hydroxyl groups excluding tert-OH is 1. The van der Waals surface area contributed by atoms with E-state index < -0.39 is 5.97 Å². The Bertz CT molecular complexity index is 131. The topological polar surface area (TPSA) is 60.8 Å². The summed E-state index contributed by atoms with van der Waals surface area (Å²) >= 11 is 0. The van der Waals surface area contributed by atoms with Gasteiger partial charge in [0.05, 0.1) is 6.61 Å². The summed E-state index contributed by atoms with van der Waals surface area (Å²) in [6.45, 7) is 5.62. The van der Waals surface area contributed by atoms with Crippen LogP contribution in [0.5, 0.6) is 0 Å². The summed E-state index contributed by atoms with van der Waals surface area (Å²) in [6, 6.07) is 0. The minimum Gasteiger partial charge on any atom is -0.478 e. The third-order valence-corrected chi connectivity index (χ3v) is 0.912. The van der Waals surface area contributed by atoms with Gasteiger partial charge in [-0.05, 0) is 21.0 Å². The van der Waals surface area contributed by atoms with Crippen molar-refractivity contribution in [2.75, 3.05) is 27.2 Å². The first-order valence-electron chi connectivity index (χ1n) is 3.56. The van der Waals surface area contributed by atoms with Gasteiger partial charge in [-0.1, -0.05) is 6.58 Å². The summed E-state index contributed by atoms with van der Waals surface area (Å²) in [6.07, 6.45) is 0. The molecule has 4 heteroatoms. The molecule has 0 unspecified atom stereocenters. The van der Waals surface area contributed by atoms with E-state index in [0.29, 0.717) is 0 Å². The lowest BCUT2D eigenvalue weighted by Crippen LogP contribution is -2.15. The summed E-state index contributed by atoms with van der Waals surface area (Å²) < 4.78 is 0. The zero-order valence-corrected chi connectivity index (χ0v) is 7.87. The average Bonchev–Trinajstić information content (AvgIpc) is 1.87. The normalized spacial score (nSPS) is 8.75. The summed E-state index contributed by atoms with van der Waals surface area (Å²) in [5.74, 6) is -0.935. The van der Waals surface area contributed by atoms with Crippen molar-refractivity contribution in [1.29, 1.82) is 0 Å². The van der Waals surface area contributed by atoms with E-state index in [1.54, 1.807) is 0 Å². The summed E-state index contributed by atoms with van der Waals surface area (Å²) in [7, 11) is 3.85. The minimum absolute atomic E-state index is 0.176. The number of carboxylic acids is 1. The molecule has 0 saturated carbocycles. The molecule has 0 saturated heterocycles. The molecule has 0 aliphatic heterocycles. The molecule has 72 valence electrons. The quantitative estimate of drug-likeness (QED) is 0.601. The fourth-order valence-electron chi connectivity index (χ4n) is 0.200. The Morgan fingerprint density at radius 1 is 1.50 bits per heavy atom. The molecule has 0 heterocycles. The molecule has 0 atom stereocenters. The van der Waals surface area contributed by atoms with Gasteiger partial charge in [-0.2, -0.15) is 0 Å². The molecule has 0 radical (unpaired) electrons. The number of hydrogen-bond donors (Lipinski definition) is 2. The summed E-state index contributed by atoms with van der Waals surface area (Å²) in [5.41, 5.74) is 0.176. The van der Waals surface area contributed by atoms with Gasteiger partial charge in [0.2, 0.25) is 0 Å². The number of hydrogen-bond acceptors (Lipinski definition) is 3. The summed E-state index contributed by atoms with van der Waals surface area (Å²) in [4.78, 5) is 11.5. The van der Waals surface area contributed by atoms with E-state index in [1.807, 2.05) is 19.0 Å². The van der Waals surface area contributed by atoms with Crippen LogP contribution in [-0.4, -0.2) is 48.3 Å². The maximum atomic E-state index is 9.60. The smallest absolute Gasteiger partial charge is 0.330 e. The van der Waals surface area contributed by atoms with E-state index >= 15 is 0 Å². The fourth-order valence-corrected chi connectivity index (χ4v) is 0.200. The van der Waals surface area contributed by atoms with Crippen molar-refractivity contribution in [2.45, 2.75) is 6.92 Å². The number of nitrogens with zero attached hydrogens (tertiary/aromatic N) is 1. The Balaban J connectivity index is 0. The van der Waals surface area contributed by atoms with Gasteiger partial charge in [0.15, 0.2) is 0 Å². The Hall–Kier alpha value is -0.870. The molecular weight excluding hydrogens is 158 g/mol. The van der Waals surface area contributed by atoms with E-state index in [9.17, 15) is 4.79 Å². The van der Waals surface area contributed by atoms with E-state index in [0.717, 1.165) is 6.54 Å². The molecule has 0 rings (SSSR count). The minimum atomic E-state index is -0.935. The van der Waals surface area contributed by atoms with Crippen LogP contribution in [0.3, 0.4) is 0 Å². The molecule has 0 aromatic carbocycles. The van der Waals surface area contributed by atoms with Gasteiger partial charge >= 0.3 is 5.97 Å². The zero-order valence-electron chi connectivity index (χ0n) is 7.87. The van der Waals surface area contributed by atoms with Crippen LogP contribution in [0.4, 0.5) is 0 Å². The molecule has 0 aliphatic carbocycles. The monoisotopic (exact) mass is 175 g/mol. The predicted octanol–water partition coefficient (Wildman–Crippen LogP) is 0.187. The van der Waals surface area contributed by atoms with Crippen molar-refractivity contribution < 1.29 is 15.0 Å². The third-order valence-electron chi connectivity index (χ3n) is 0.912. The van der Waals surface area contributed by atoms with Crippen molar-refractivity contribution in [2.24, 2.45) is 0 Å². The third kappa shape index (κ3) is 16.1. The van der Waals surface area contributed by atoms with Crippen LogP contribution in [-0.2, 0) is 4.79 Å². The van der Waals surface area contributed by atoms with Gasteiger partial charge in [-0.25, -0.2) is 4.79 Å². The second-order valence-electron chi connectivity index (χ2n) is 2.61. The van der Waals surface area contributed by atoms with Crippen LogP contribution >= 0.6 is 0 Å². The first-order chi connectivity index (χ1) is 5.41. The average molecular weight is 175 g/mol. The molecule has 0 aromatic heterocycles. The number of aliphatic hydroxyl groups is 1. The first kappa shape index (κ1) is 13.7. The predicted molar refractivity (Wildman–Crippen MR) is 48.1 cm³/mol. The van der Waals surface area contributed by atoms with Gasteiger partial charge in [0.25, 0.3) is 0 Å². The lowest BCUT2D eigenvalue weighted by Gasteiger charge is -2.03. The molecular formula is C8H17NO3. The number of rotatable bonds is 3. The van der Waals surface area contributed by atoms with E-state index in [2.05, 4.69) is 6.58 Å². The SMILES string of the molecule is C=C(C)C(=O)O.CN(C)CCO. The van der Waals surface area contributed by atoms with Crippen molar-refractivity contribution in [3.05, 3.63) is 12.2 Å². The zero-order chi connectivity index (χ0) is 10.1. The molecule has 2 N–H and O–H groups in total. The molecule has 0 bridgehead atoms. The van der Waals surface area contributed by atoms with Gasteiger partial charge in [0, 0.05) is 12.1 Å². The van der Waals surface area contributed by atoms with Crippen molar-refractivity contribution >= 4 is 5.97 Å². The number of carbonyl (C=O) groups is 1. The van der Waals surface area contributed by atoms with E-state index in [1.165, 1.54) is 6.92 Å². The van der Waals surface area contributed by atoms with Crippen LogP contribution in [0.1, 0.15) is 6.92 Å². The summed E-state index contributed by atoms with van der Waals surface area (Å²) in [5, 5.41) is 16.1. The molecule has 0 aromatic rings. The maximum Gasteiger partial charge on any atom is 0.330 e. The van der Waals surface area contributed by atoms with E-state index in [-0.39, 0.29) is 12.2 Å². The first-order valence-corrected chi connectivity index (χ1v) is 3.56. The van der Waals surface area contributed by atoms with Crippen LogP contribution < -0.4 is 0 Å². The van der Waals surface area contributed by atoms with Crippen LogP contribution in [0.15, 0.2) is 12.2 Å². The van der Waals surface area contributed by atoms with Crippen LogP contribution in [0.2, 0.25) is 0 Å². The lowest BCUT2D eigenvalue weighted by molar-refractivity contribution is -0.132. The number of aliphatic carboxylic acids is 1. The molecule has 0 amide bonds. The largest absolute Gasteiger partial charge is 0.478 e. The number of likely N-dealkylation sites (N-methyl/N-ethyl adjacent to an activating group) is 1. The second kappa shape index (κ2) is 8.23. The number of carboxylic acid groups (broad SMARTS) is 1. The Morgan fingerprint density at radius 3 is 1.83 bits per heavy atom. The molecule has 12 heavy (non-hydrogen) atoms. The van der Waals surface area contributed by atoms with Crippen LogP contribution in [0, 0.1) is 0 Å². The van der Waals surface area contributed by atoms with Crippen molar-refractivity contribution in [1.82, 2.24) is 4.90 Å². The van der Waals surface area contributed by atoms with Crippen molar-refractivity contribution in [3.8, 4) is 0 Å². The Labute approximate surface area is 73.1 Å². The lowest BCUT2D eigenvalue weighted by atomic mass is 10.4. The molecule has 0 spiro atoms. The molecule has 0 aliphatic rings. The van der Waals surface area contributed by atoms with Gasteiger partial charge < -0.3 is 15.1 Å². The Morgan fingerprint density at radius 2 is 1.83 bits per heavy atom.